The Labute approximate surface area is 221 Å². The lowest BCUT2D eigenvalue weighted by atomic mass is 10.2. The number of halogens is 2. The zero-order chi connectivity index (χ0) is 26.4. The Balaban J connectivity index is 1.65. The number of hydrogen-bond donors (Lipinski definition) is 1. The van der Waals surface area contributed by atoms with Crippen molar-refractivity contribution in [3.63, 3.8) is 0 Å². The van der Waals surface area contributed by atoms with Crippen LogP contribution in [0.4, 0.5) is 11.4 Å². The lowest BCUT2D eigenvalue weighted by molar-refractivity contribution is -0.384. The van der Waals surface area contributed by atoms with Gasteiger partial charge in [-0.25, -0.2) is 4.68 Å². The molecule has 0 saturated heterocycles. The number of hydrogen-bond acceptors (Lipinski definition) is 7. The fraction of sp³-hybridized carbons (Fsp3) is 0.160. The molecule has 0 unspecified atom stereocenters. The second kappa shape index (κ2) is 11.8. The number of nitro groups is 1. The average molecular weight is 542 g/mol. The minimum atomic E-state index is -0.555. The van der Waals surface area contributed by atoms with Gasteiger partial charge in [0, 0.05) is 35.6 Å². The van der Waals surface area contributed by atoms with Crippen LogP contribution in [0.25, 0.3) is 17.1 Å². The molecule has 12 heteroatoms. The second-order valence-electron chi connectivity index (χ2n) is 7.62. The largest absolute Gasteiger partial charge is 0.460 e. The average Bonchev–Trinajstić information content (AvgIpc) is 3.33. The predicted octanol–water partition coefficient (Wildman–Crippen LogP) is 5.82. The summed E-state index contributed by atoms with van der Waals surface area (Å²) in [7, 11) is 0. The lowest BCUT2D eigenvalue weighted by Gasteiger charge is -2.10. The summed E-state index contributed by atoms with van der Waals surface area (Å²) in [6.45, 7) is 3.10. The lowest BCUT2D eigenvalue weighted by Crippen LogP contribution is -2.12. The van der Waals surface area contributed by atoms with Gasteiger partial charge in [-0.2, -0.15) is 4.98 Å². The van der Waals surface area contributed by atoms with Crippen molar-refractivity contribution in [1.82, 2.24) is 14.8 Å². The van der Waals surface area contributed by atoms with Crippen LogP contribution >= 0.6 is 23.2 Å². The Morgan fingerprint density at radius 1 is 1.05 bits per heavy atom. The molecule has 0 aliphatic carbocycles. The predicted molar refractivity (Wildman–Crippen MR) is 140 cm³/mol. The van der Waals surface area contributed by atoms with E-state index in [0.29, 0.717) is 46.0 Å². The molecule has 0 aliphatic rings. The molecule has 3 aromatic carbocycles. The van der Waals surface area contributed by atoms with Gasteiger partial charge in [0.05, 0.1) is 27.3 Å². The number of aromatic nitrogens is 3. The fourth-order valence-corrected chi connectivity index (χ4v) is 3.67. The molecule has 0 bridgehead atoms. The van der Waals surface area contributed by atoms with Crippen LogP contribution in [-0.4, -0.2) is 45.4 Å². The highest BCUT2D eigenvalue weighted by Gasteiger charge is 2.17. The van der Waals surface area contributed by atoms with E-state index in [2.05, 4.69) is 15.4 Å². The van der Waals surface area contributed by atoms with E-state index >= 15 is 0 Å². The van der Waals surface area contributed by atoms with Crippen LogP contribution in [0, 0.1) is 10.1 Å². The Morgan fingerprint density at radius 3 is 2.62 bits per heavy atom. The van der Waals surface area contributed by atoms with Crippen LogP contribution in [0.1, 0.15) is 17.3 Å². The van der Waals surface area contributed by atoms with Gasteiger partial charge in [0.15, 0.2) is 5.82 Å². The zero-order valence-electron chi connectivity index (χ0n) is 19.6. The van der Waals surface area contributed by atoms with Gasteiger partial charge in [0.1, 0.15) is 6.61 Å². The van der Waals surface area contributed by atoms with E-state index < -0.39 is 10.8 Å². The Bertz CT molecular complexity index is 1440. The van der Waals surface area contributed by atoms with Crippen molar-refractivity contribution in [3.8, 4) is 23.1 Å². The van der Waals surface area contributed by atoms with Crippen LogP contribution in [0.15, 0.2) is 66.7 Å². The van der Waals surface area contributed by atoms with Crippen molar-refractivity contribution < 1.29 is 19.2 Å². The highest BCUT2D eigenvalue weighted by Crippen LogP contribution is 2.30. The molecule has 4 rings (SSSR count). The number of carbonyl (C=O) groups excluding carboxylic acids is 1. The molecular weight excluding hydrogens is 521 g/mol. The van der Waals surface area contributed by atoms with E-state index in [1.165, 1.54) is 24.3 Å². The number of non-ortho nitro benzene ring substituents is 1. The van der Waals surface area contributed by atoms with Crippen molar-refractivity contribution in [2.75, 3.05) is 25.1 Å². The van der Waals surface area contributed by atoms with E-state index in [-0.39, 0.29) is 23.9 Å². The summed E-state index contributed by atoms with van der Waals surface area (Å²) in [5.41, 5.74) is 1.65. The first-order valence-corrected chi connectivity index (χ1v) is 11.9. The summed E-state index contributed by atoms with van der Waals surface area (Å²) in [5, 5.41) is 19.0. The van der Waals surface area contributed by atoms with Crippen LogP contribution in [0.5, 0.6) is 6.01 Å². The van der Waals surface area contributed by atoms with Gasteiger partial charge in [-0.15, -0.1) is 5.10 Å². The van der Waals surface area contributed by atoms with Gasteiger partial charge in [0.25, 0.3) is 11.6 Å². The number of ether oxygens (including phenoxy) is 2. The number of amides is 1. The molecule has 0 spiro atoms. The number of nitrogens with zero attached hydrogens (tertiary/aromatic N) is 4. The molecule has 0 saturated carbocycles. The minimum absolute atomic E-state index is 0.131. The maximum Gasteiger partial charge on any atom is 0.336 e. The molecule has 4 aromatic rings. The Kier molecular flexibility index (Phi) is 8.34. The van der Waals surface area contributed by atoms with E-state index in [0.717, 1.165) is 0 Å². The first-order chi connectivity index (χ1) is 17.9. The smallest absolute Gasteiger partial charge is 0.336 e. The molecule has 190 valence electrons. The number of nitrogens with one attached hydrogen (secondary N) is 1. The third-order valence-corrected chi connectivity index (χ3v) is 5.84. The molecule has 1 aromatic heterocycles. The third kappa shape index (κ3) is 6.42. The van der Waals surface area contributed by atoms with Crippen molar-refractivity contribution in [2.45, 2.75) is 6.92 Å². The topological polar surface area (TPSA) is 121 Å². The molecular formula is C25H21Cl2N5O5. The molecule has 0 aliphatic heterocycles. The molecule has 0 atom stereocenters. The summed E-state index contributed by atoms with van der Waals surface area (Å²) < 4.78 is 12.5. The van der Waals surface area contributed by atoms with Gasteiger partial charge < -0.3 is 14.8 Å². The number of carbonyl (C=O) groups is 1. The summed E-state index contributed by atoms with van der Waals surface area (Å²) in [5.74, 6) is -0.0590. The molecule has 37 heavy (non-hydrogen) atoms. The summed E-state index contributed by atoms with van der Waals surface area (Å²) >= 11 is 12.3. The van der Waals surface area contributed by atoms with Crippen molar-refractivity contribution in [1.29, 1.82) is 0 Å². The van der Waals surface area contributed by atoms with Crippen molar-refractivity contribution >= 4 is 40.5 Å². The fourth-order valence-electron chi connectivity index (χ4n) is 3.37. The maximum atomic E-state index is 12.7. The zero-order valence-corrected chi connectivity index (χ0v) is 21.1. The molecule has 1 N–H and O–H groups in total. The van der Waals surface area contributed by atoms with E-state index in [1.807, 2.05) is 6.92 Å². The van der Waals surface area contributed by atoms with Crippen LogP contribution < -0.4 is 10.1 Å². The first-order valence-electron chi connectivity index (χ1n) is 11.1. The maximum absolute atomic E-state index is 12.7. The first kappa shape index (κ1) is 26.1. The van der Waals surface area contributed by atoms with Gasteiger partial charge in [0.2, 0.25) is 0 Å². The normalized spacial score (nSPS) is 10.8. The minimum Gasteiger partial charge on any atom is -0.460 e. The number of anilines is 1. The second-order valence-corrected chi connectivity index (χ2v) is 8.43. The summed E-state index contributed by atoms with van der Waals surface area (Å²) in [4.78, 5) is 27.7. The molecule has 0 radical (unpaired) electrons. The van der Waals surface area contributed by atoms with Gasteiger partial charge in [-0.3, -0.25) is 14.9 Å². The van der Waals surface area contributed by atoms with Gasteiger partial charge >= 0.3 is 6.01 Å². The molecule has 0 fully saturated rings. The highest BCUT2D eigenvalue weighted by molar-refractivity contribution is 6.42. The third-order valence-electron chi connectivity index (χ3n) is 5.10. The molecule has 1 amide bonds. The van der Waals surface area contributed by atoms with Crippen LogP contribution in [0.3, 0.4) is 0 Å². The highest BCUT2D eigenvalue weighted by atomic mass is 35.5. The SMILES string of the molecule is CCOCCOc1nc(-c2ccc(Cl)c(Cl)c2)n(-c2cccc(NC(=O)c3cccc([N+](=O)[O-])c3)c2)n1. The monoisotopic (exact) mass is 541 g/mol. The molecule has 10 nitrogen and oxygen atoms in total. The van der Waals surface area contributed by atoms with E-state index in [1.54, 1.807) is 47.1 Å². The van der Waals surface area contributed by atoms with E-state index in [9.17, 15) is 14.9 Å². The quantitative estimate of drug-likeness (QED) is 0.152. The van der Waals surface area contributed by atoms with Crippen molar-refractivity contribution in [3.05, 3.63) is 92.5 Å². The summed E-state index contributed by atoms with van der Waals surface area (Å²) in [6.07, 6.45) is 0. The van der Waals surface area contributed by atoms with Crippen LogP contribution in [0.2, 0.25) is 10.0 Å². The van der Waals surface area contributed by atoms with Gasteiger partial charge in [-0.05, 0) is 49.4 Å². The van der Waals surface area contributed by atoms with Crippen molar-refractivity contribution in [2.24, 2.45) is 0 Å². The van der Waals surface area contributed by atoms with Gasteiger partial charge in [-0.1, -0.05) is 35.3 Å². The Morgan fingerprint density at radius 2 is 1.86 bits per heavy atom. The van der Waals surface area contributed by atoms with E-state index in [4.69, 9.17) is 32.7 Å². The standard InChI is InChI=1S/C25H21Cl2N5O5/c1-2-36-11-12-37-25-29-23(16-9-10-21(26)22(27)14-16)31(30-25)19-7-4-6-18(15-19)28-24(33)17-5-3-8-20(13-17)32(34)35/h3-10,13-15H,2,11-12H2,1H3,(H,28,33). The number of benzene rings is 3. The molecule has 1 heterocycles. The van der Waals surface area contributed by atoms with Crippen LogP contribution in [-0.2, 0) is 4.74 Å². The summed E-state index contributed by atoms with van der Waals surface area (Å²) in [6, 6.07) is 17.6. The number of nitro benzene ring substituents is 1. The number of rotatable bonds is 10. The Hall–Kier alpha value is -3.99.